The number of nitrogens with one attached hydrogen (secondary N) is 1. The quantitative estimate of drug-likeness (QED) is 0.857. The van der Waals surface area contributed by atoms with Crippen LogP contribution in [0.15, 0.2) is 24.3 Å². The average molecular weight is 232 g/mol. The third kappa shape index (κ3) is 4.53. The SMILES string of the molecule is CN(C)c1ccc(CNCC(F)(F)F)cc1. The lowest BCUT2D eigenvalue weighted by Gasteiger charge is -2.13. The van der Waals surface area contributed by atoms with Crippen LogP contribution in [-0.2, 0) is 6.54 Å². The first-order valence-electron chi connectivity index (χ1n) is 4.92. The highest BCUT2D eigenvalue weighted by molar-refractivity contribution is 5.45. The highest BCUT2D eigenvalue weighted by Gasteiger charge is 2.25. The number of hydrogen-bond donors (Lipinski definition) is 1. The van der Waals surface area contributed by atoms with E-state index >= 15 is 0 Å². The third-order valence-electron chi connectivity index (χ3n) is 2.11. The lowest BCUT2D eigenvalue weighted by Crippen LogP contribution is -2.28. The maximum absolute atomic E-state index is 11.9. The summed E-state index contributed by atoms with van der Waals surface area (Å²) in [6.45, 7) is -0.727. The largest absolute Gasteiger partial charge is 0.401 e. The van der Waals surface area contributed by atoms with Gasteiger partial charge >= 0.3 is 6.18 Å². The minimum Gasteiger partial charge on any atom is -0.378 e. The van der Waals surface area contributed by atoms with Gasteiger partial charge in [-0.1, -0.05) is 12.1 Å². The van der Waals surface area contributed by atoms with Crippen LogP contribution >= 0.6 is 0 Å². The van der Waals surface area contributed by atoms with Gasteiger partial charge in [0.25, 0.3) is 0 Å². The minimum absolute atomic E-state index is 0.229. The van der Waals surface area contributed by atoms with Crippen LogP contribution in [0.3, 0.4) is 0 Å². The van der Waals surface area contributed by atoms with Gasteiger partial charge in [0.05, 0.1) is 6.54 Å². The average Bonchev–Trinajstić information content (AvgIpc) is 2.16. The summed E-state index contributed by atoms with van der Waals surface area (Å²) in [7, 11) is 3.83. The Morgan fingerprint density at radius 2 is 1.69 bits per heavy atom. The first-order chi connectivity index (χ1) is 7.38. The molecule has 1 aromatic rings. The molecule has 0 radical (unpaired) electrons. The maximum Gasteiger partial charge on any atom is 0.401 e. The molecule has 90 valence electrons. The van der Waals surface area contributed by atoms with Gasteiger partial charge in [-0.05, 0) is 17.7 Å². The van der Waals surface area contributed by atoms with Gasteiger partial charge in [0.15, 0.2) is 0 Å². The molecule has 0 aromatic heterocycles. The van der Waals surface area contributed by atoms with E-state index in [4.69, 9.17) is 0 Å². The summed E-state index contributed by atoms with van der Waals surface area (Å²) in [4.78, 5) is 1.94. The first-order valence-corrected chi connectivity index (χ1v) is 4.92. The molecule has 0 heterocycles. The minimum atomic E-state index is -4.15. The predicted octanol–water partition coefficient (Wildman–Crippen LogP) is 2.40. The van der Waals surface area contributed by atoms with Gasteiger partial charge in [0.2, 0.25) is 0 Å². The van der Waals surface area contributed by atoms with Gasteiger partial charge in [-0.15, -0.1) is 0 Å². The number of anilines is 1. The molecule has 0 unspecified atom stereocenters. The van der Waals surface area contributed by atoms with Crippen molar-refractivity contribution in [3.63, 3.8) is 0 Å². The van der Waals surface area contributed by atoms with Gasteiger partial charge in [-0.2, -0.15) is 13.2 Å². The summed E-state index contributed by atoms with van der Waals surface area (Å²) in [5.41, 5.74) is 1.87. The third-order valence-corrected chi connectivity index (χ3v) is 2.11. The van der Waals surface area contributed by atoms with Crippen LogP contribution in [0.1, 0.15) is 5.56 Å². The summed E-state index contributed by atoms with van der Waals surface area (Å²) in [6, 6.07) is 7.40. The monoisotopic (exact) mass is 232 g/mol. The van der Waals surface area contributed by atoms with E-state index in [1.54, 1.807) is 0 Å². The van der Waals surface area contributed by atoms with Crippen molar-refractivity contribution in [2.24, 2.45) is 0 Å². The smallest absolute Gasteiger partial charge is 0.378 e. The van der Waals surface area contributed by atoms with Crippen molar-refractivity contribution in [3.8, 4) is 0 Å². The van der Waals surface area contributed by atoms with E-state index in [9.17, 15) is 13.2 Å². The molecule has 0 aliphatic carbocycles. The van der Waals surface area contributed by atoms with Crippen LogP contribution in [0.4, 0.5) is 18.9 Å². The molecule has 0 fully saturated rings. The van der Waals surface area contributed by atoms with Crippen LogP contribution in [0, 0.1) is 0 Å². The molecule has 2 nitrogen and oxygen atoms in total. The van der Waals surface area contributed by atoms with Crippen LogP contribution in [0.25, 0.3) is 0 Å². The number of benzene rings is 1. The molecule has 0 atom stereocenters. The number of rotatable bonds is 4. The van der Waals surface area contributed by atoms with E-state index in [0.717, 1.165) is 11.3 Å². The van der Waals surface area contributed by atoms with Crippen LogP contribution in [0.5, 0.6) is 0 Å². The van der Waals surface area contributed by atoms with Crippen LogP contribution in [-0.4, -0.2) is 26.8 Å². The molecule has 0 aliphatic heterocycles. The topological polar surface area (TPSA) is 15.3 Å². The molecule has 1 rings (SSSR count). The van der Waals surface area contributed by atoms with E-state index in [-0.39, 0.29) is 6.54 Å². The number of halogens is 3. The highest BCUT2D eigenvalue weighted by atomic mass is 19.4. The van der Waals surface area contributed by atoms with E-state index < -0.39 is 12.7 Å². The number of hydrogen-bond acceptors (Lipinski definition) is 2. The maximum atomic E-state index is 11.9. The van der Waals surface area contributed by atoms with E-state index in [1.807, 2.05) is 43.3 Å². The van der Waals surface area contributed by atoms with Crippen LogP contribution in [0.2, 0.25) is 0 Å². The fraction of sp³-hybridized carbons (Fsp3) is 0.455. The molecule has 16 heavy (non-hydrogen) atoms. The fourth-order valence-electron chi connectivity index (χ4n) is 1.26. The van der Waals surface area contributed by atoms with Crippen molar-refractivity contribution in [2.75, 3.05) is 25.5 Å². The number of nitrogens with zero attached hydrogens (tertiary/aromatic N) is 1. The molecule has 0 amide bonds. The first kappa shape index (κ1) is 12.8. The Hall–Kier alpha value is -1.23. The van der Waals surface area contributed by atoms with Crippen LogP contribution < -0.4 is 10.2 Å². The highest BCUT2D eigenvalue weighted by Crippen LogP contribution is 2.14. The Morgan fingerprint density at radius 3 is 2.12 bits per heavy atom. The molecular weight excluding hydrogens is 217 g/mol. The summed E-state index contributed by atoms with van der Waals surface area (Å²) < 4.78 is 35.6. The van der Waals surface area contributed by atoms with Gasteiger partial charge in [-0.3, -0.25) is 0 Å². The van der Waals surface area contributed by atoms with E-state index in [2.05, 4.69) is 5.32 Å². The second-order valence-corrected chi connectivity index (χ2v) is 3.78. The summed E-state index contributed by atoms with van der Waals surface area (Å²) in [6.07, 6.45) is -4.15. The van der Waals surface area contributed by atoms with Crippen molar-refractivity contribution in [1.29, 1.82) is 0 Å². The molecular formula is C11H15F3N2. The Morgan fingerprint density at radius 1 is 1.12 bits per heavy atom. The molecule has 0 saturated heterocycles. The molecule has 5 heteroatoms. The summed E-state index contributed by atoms with van der Waals surface area (Å²) in [5, 5.41) is 2.35. The van der Waals surface area contributed by atoms with Crippen molar-refractivity contribution >= 4 is 5.69 Å². The van der Waals surface area contributed by atoms with E-state index in [0.29, 0.717) is 0 Å². The van der Waals surface area contributed by atoms with Gasteiger partial charge in [-0.25, -0.2) is 0 Å². The van der Waals surface area contributed by atoms with Gasteiger partial charge in [0.1, 0.15) is 0 Å². The van der Waals surface area contributed by atoms with Crippen molar-refractivity contribution < 1.29 is 13.2 Å². The Kier molecular flexibility index (Phi) is 4.18. The summed E-state index contributed by atoms with van der Waals surface area (Å²) >= 11 is 0. The zero-order valence-electron chi connectivity index (χ0n) is 9.30. The fourth-order valence-corrected chi connectivity index (χ4v) is 1.26. The Labute approximate surface area is 93.1 Å². The van der Waals surface area contributed by atoms with Crippen molar-refractivity contribution in [3.05, 3.63) is 29.8 Å². The normalized spacial score (nSPS) is 11.6. The second kappa shape index (κ2) is 5.21. The number of alkyl halides is 3. The van der Waals surface area contributed by atoms with Gasteiger partial charge in [0, 0.05) is 26.3 Å². The molecule has 0 aliphatic rings. The molecule has 0 spiro atoms. The van der Waals surface area contributed by atoms with E-state index in [1.165, 1.54) is 0 Å². The second-order valence-electron chi connectivity index (χ2n) is 3.78. The van der Waals surface area contributed by atoms with Crippen molar-refractivity contribution in [1.82, 2.24) is 5.32 Å². The van der Waals surface area contributed by atoms with Crippen molar-refractivity contribution in [2.45, 2.75) is 12.7 Å². The molecule has 1 aromatic carbocycles. The lowest BCUT2D eigenvalue weighted by atomic mass is 10.2. The zero-order valence-corrected chi connectivity index (χ0v) is 9.30. The predicted molar refractivity (Wildman–Crippen MR) is 58.5 cm³/mol. The Bertz CT molecular complexity index is 317. The molecule has 0 saturated carbocycles. The van der Waals surface area contributed by atoms with Gasteiger partial charge < -0.3 is 10.2 Å². The zero-order chi connectivity index (χ0) is 12.2. The molecule has 0 bridgehead atoms. The summed E-state index contributed by atoms with van der Waals surface area (Å²) in [5.74, 6) is 0. The standard InChI is InChI=1S/C11H15F3N2/c1-16(2)10-5-3-9(4-6-10)7-15-8-11(12,13)14/h3-6,15H,7-8H2,1-2H3. The lowest BCUT2D eigenvalue weighted by molar-refractivity contribution is -0.125. The Balaban J connectivity index is 2.44. The molecule has 1 N–H and O–H groups in total.